The number of nitro benzene ring substituents is 1. The average molecular weight is 328 g/mol. The van der Waals surface area contributed by atoms with E-state index in [-0.39, 0.29) is 11.6 Å². The molecule has 0 unspecified atom stereocenters. The lowest BCUT2D eigenvalue weighted by Crippen LogP contribution is -2.34. The minimum Gasteiger partial charge on any atom is -0.371 e. The topological polar surface area (TPSA) is 102 Å². The van der Waals surface area contributed by atoms with Gasteiger partial charge in [-0.2, -0.15) is 0 Å². The van der Waals surface area contributed by atoms with Crippen molar-refractivity contribution in [3.63, 3.8) is 0 Å². The number of benzene rings is 1. The molecule has 7 heteroatoms. The molecule has 7 nitrogen and oxygen atoms in total. The SMILES string of the molecule is NC(=O)CCC1CCN(c2ccnc3c([N+](=O)[O-])cccc23)CC1. The molecule has 126 valence electrons. The third-order valence-electron chi connectivity index (χ3n) is 4.68. The van der Waals surface area contributed by atoms with Gasteiger partial charge < -0.3 is 10.6 Å². The van der Waals surface area contributed by atoms with Crippen LogP contribution in [0.1, 0.15) is 25.7 Å². The molecule has 0 saturated carbocycles. The number of pyridine rings is 1. The summed E-state index contributed by atoms with van der Waals surface area (Å²) in [7, 11) is 0. The van der Waals surface area contributed by atoms with Crippen LogP contribution in [-0.4, -0.2) is 28.9 Å². The first-order chi connectivity index (χ1) is 11.6. The second-order valence-corrected chi connectivity index (χ2v) is 6.20. The molecule has 0 radical (unpaired) electrons. The van der Waals surface area contributed by atoms with Crippen LogP contribution in [0.15, 0.2) is 30.5 Å². The maximum atomic E-state index is 11.2. The molecule has 2 N–H and O–H groups in total. The van der Waals surface area contributed by atoms with E-state index >= 15 is 0 Å². The Morgan fingerprint density at radius 1 is 1.33 bits per heavy atom. The molecule has 1 amide bonds. The second kappa shape index (κ2) is 6.82. The summed E-state index contributed by atoms with van der Waals surface area (Å²) in [6.07, 6.45) is 4.89. The fourth-order valence-corrected chi connectivity index (χ4v) is 3.38. The van der Waals surface area contributed by atoms with Crippen LogP contribution in [0.4, 0.5) is 11.4 Å². The fourth-order valence-electron chi connectivity index (χ4n) is 3.38. The van der Waals surface area contributed by atoms with Crippen molar-refractivity contribution in [2.24, 2.45) is 11.7 Å². The number of fused-ring (bicyclic) bond motifs is 1. The van der Waals surface area contributed by atoms with Gasteiger partial charge in [0.1, 0.15) is 5.52 Å². The zero-order valence-corrected chi connectivity index (χ0v) is 13.4. The van der Waals surface area contributed by atoms with Crippen molar-refractivity contribution in [3.8, 4) is 0 Å². The first-order valence-corrected chi connectivity index (χ1v) is 8.11. The van der Waals surface area contributed by atoms with Gasteiger partial charge in [0.15, 0.2) is 0 Å². The maximum Gasteiger partial charge on any atom is 0.295 e. The molecule has 1 aliphatic heterocycles. The van der Waals surface area contributed by atoms with Gasteiger partial charge >= 0.3 is 0 Å². The van der Waals surface area contributed by atoms with E-state index in [4.69, 9.17) is 5.73 Å². The number of carbonyl (C=O) groups is 1. The van der Waals surface area contributed by atoms with Crippen molar-refractivity contribution in [1.29, 1.82) is 0 Å². The normalized spacial score (nSPS) is 15.6. The number of piperidine rings is 1. The Balaban J connectivity index is 1.80. The molecule has 2 aromatic rings. The quantitative estimate of drug-likeness (QED) is 0.671. The standard InChI is InChI=1S/C17H20N4O3/c18-16(22)5-4-12-7-10-20(11-8-12)14-6-9-19-17-13(14)2-1-3-15(17)21(23)24/h1-3,6,9,12H,4-5,7-8,10-11H2,(H2,18,22). The summed E-state index contributed by atoms with van der Waals surface area (Å²) < 4.78 is 0. The highest BCUT2D eigenvalue weighted by molar-refractivity contribution is 5.96. The lowest BCUT2D eigenvalue weighted by Gasteiger charge is -2.34. The summed E-state index contributed by atoms with van der Waals surface area (Å²) in [4.78, 5) is 28.2. The number of carbonyl (C=O) groups excluding carboxylic acids is 1. The van der Waals surface area contributed by atoms with Gasteiger partial charge in [-0.25, -0.2) is 4.98 Å². The van der Waals surface area contributed by atoms with Crippen LogP contribution in [-0.2, 0) is 4.79 Å². The predicted molar refractivity (Wildman–Crippen MR) is 91.8 cm³/mol. The molecule has 1 aromatic carbocycles. The van der Waals surface area contributed by atoms with Crippen LogP contribution in [0, 0.1) is 16.0 Å². The molecule has 0 aliphatic carbocycles. The van der Waals surface area contributed by atoms with Crippen molar-refractivity contribution in [3.05, 3.63) is 40.6 Å². The number of rotatable bonds is 5. The van der Waals surface area contributed by atoms with Crippen LogP contribution in [0.25, 0.3) is 10.9 Å². The second-order valence-electron chi connectivity index (χ2n) is 6.20. The number of para-hydroxylation sites is 1. The third-order valence-corrected chi connectivity index (χ3v) is 4.68. The van der Waals surface area contributed by atoms with E-state index in [1.807, 2.05) is 12.1 Å². The fraction of sp³-hybridized carbons (Fsp3) is 0.412. The van der Waals surface area contributed by atoms with Crippen LogP contribution < -0.4 is 10.6 Å². The summed E-state index contributed by atoms with van der Waals surface area (Å²) in [5, 5.41) is 12.0. The average Bonchev–Trinajstić information content (AvgIpc) is 2.59. The third kappa shape index (κ3) is 3.29. The lowest BCUT2D eigenvalue weighted by molar-refractivity contribution is -0.383. The highest BCUT2D eigenvalue weighted by atomic mass is 16.6. The van der Waals surface area contributed by atoms with Crippen LogP contribution in [0.3, 0.4) is 0 Å². The van der Waals surface area contributed by atoms with Crippen LogP contribution in [0.5, 0.6) is 0 Å². The molecule has 24 heavy (non-hydrogen) atoms. The highest BCUT2D eigenvalue weighted by Crippen LogP contribution is 2.33. The number of aromatic nitrogens is 1. The van der Waals surface area contributed by atoms with Gasteiger partial charge in [-0.05, 0) is 31.2 Å². The molecular weight excluding hydrogens is 308 g/mol. The molecule has 1 aromatic heterocycles. The Hall–Kier alpha value is -2.70. The number of hydrogen-bond donors (Lipinski definition) is 1. The number of anilines is 1. The van der Waals surface area contributed by atoms with Crippen molar-refractivity contribution < 1.29 is 9.72 Å². The molecule has 0 atom stereocenters. The molecule has 1 aliphatic rings. The van der Waals surface area contributed by atoms with Crippen LogP contribution in [0.2, 0.25) is 0 Å². The number of non-ortho nitro benzene ring substituents is 1. The van der Waals surface area contributed by atoms with Crippen molar-refractivity contribution in [2.45, 2.75) is 25.7 Å². The first-order valence-electron chi connectivity index (χ1n) is 8.11. The van der Waals surface area contributed by atoms with Gasteiger partial charge in [-0.1, -0.05) is 12.1 Å². The predicted octanol–water partition coefficient (Wildman–Crippen LogP) is 2.62. The molecule has 3 rings (SSSR count). The molecule has 2 heterocycles. The van der Waals surface area contributed by atoms with Gasteiger partial charge in [0.25, 0.3) is 5.69 Å². The largest absolute Gasteiger partial charge is 0.371 e. The van der Waals surface area contributed by atoms with E-state index in [1.165, 1.54) is 6.07 Å². The van der Waals surface area contributed by atoms with E-state index in [9.17, 15) is 14.9 Å². The van der Waals surface area contributed by atoms with Crippen molar-refractivity contribution in [2.75, 3.05) is 18.0 Å². The molecular formula is C17H20N4O3. The number of hydrogen-bond acceptors (Lipinski definition) is 5. The molecule has 0 bridgehead atoms. The van der Waals surface area contributed by atoms with Gasteiger partial charge in [-0.3, -0.25) is 14.9 Å². The summed E-state index contributed by atoms with van der Waals surface area (Å²) in [5.41, 5.74) is 6.66. The first kappa shape index (κ1) is 16.2. The molecule has 1 fully saturated rings. The monoisotopic (exact) mass is 328 g/mol. The number of nitrogens with zero attached hydrogens (tertiary/aromatic N) is 3. The van der Waals surface area contributed by atoms with Gasteiger partial charge in [0, 0.05) is 42.8 Å². The van der Waals surface area contributed by atoms with Gasteiger partial charge in [0.2, 0.25) is 5.91 Å². The summed E-state index contributed by atoms with van der Waals surface area (Å²) in [6, 6.07) is 6.97. The number of primary amides is 1. The summed E-state index contributed by atoms with van der Waals surface area (Å²) >= 11 is 0. The lowest BCUT2D eigenvalue weighted by atomic mass is 9.91. The summed E-state index contributed by atoms with van der Waals surface area (Å²) in [5.74, 6) is 0.265. The molecule has 1 saturated heterocycles. The van der Waals surface area contributed by atoms with E-state index < -0.39 is 4.92 Å². The van der Waals surface area contributed by atoms with Gasteiger partial charge in [0.05, 0.1) is 4.92 Å². The van der Waals surface area contributed by atoms with E-state index in [1.54, 1.807) is 12.3 Å². The zero-order chi connectivity index (χ0) is 17.1. The minimum atomic E-state index is -0.394. The van der Waals surface area contributed by atoms with Gasteiger partial charge in [-0.15, -0.1) is 0 Å². The van der Waals surface area contributed by atoms with E-state index in [0.29, 0.717) is 17.9 Å². The van der Waals surface area contributed by atoms with E-state index in [2.05, 4.69) is 9.88 Å². The Bertz CT molecular complexity index is 770. The number of nitro groups is 1. The zero-order valence-electron chi connectivity index (χ0n) is 13.4. The minimum absolute atomic E-state index is 0.0331. The highest BCUT2D eigenvalue weighted by Gasteiger charge is 2.22. The maximum absolute atomic E-state index is 11.2. The Morgan fingerprint density at radius 3 is 2.75 bits per heavy atom. The Labute approximate surface area is 139 Å². The number of nitrogens with two attached hydrogens (primary N) is 1. The van der Waals surface area contributed by atoms with Crippen LogP contribution >= 0.6 is 0 Å². The smallest absolute Gasteiger partial charge is 0.295 e. The molecule has 0 spiro atoms. The number of amides is 1. The van der Waals surface area contributed by atoms with Crippen molar-refractivity contribution >= 4 is 28.2 Å². The van der Waals surface area contributed by atoms with Crippen molar-refractivity contribution in [1.82, 2.24) is 4.98 Å². The Kier molecular flexibility index (Phi) is 4.59. The summed E-state index contributed by atoms with van der Waals surface area (Å²) in [6.45, 7) is 1.73. The van der Waals surface area contributed by atoms with E-state index in [0.717, 1.165) is 43.4 Å². The Morgan fingerprint density at radius 2 is 2.08 bits per heavy atom.